The van der Waals surface area contributed by atoms with E-state index in [-0.39, 0.29) is 11.5 Å². The van der Waals surface area contributed by atoms with Crippen molar-refractivity contribution in [2.75, 3.05) is 0 Å². The van der Waals surface area contributed by atoms with Crippen LogP contribution in [0.1, 0.15) is 97.1 Å². The normalized spacial score (nSPS) is 29.0. The molecule has 0 bridgehead atoms. The van der Waals surface area contributed by atoms with Crippen molar-refractivity contribution in [1.82, 2.24) is 4.98 Å². The smallest absolute Gasteiger partial charge is 0.193 e. The first-order valence-corrected chi connectivity index (χ1v) is 15.9. The third kappa shape index (κ3) is 4.93. The molecule has 1 aromatic heterocycles. The fourth-order valence-electron chi connectivity index (χ4n) is 6.66. The van der Waals surface area contributed by atoms with Crippen LogP contribution in [0.5, 0.6) is 0 Å². The van der Waals surface area contributed by atoms with Crippen molar-refractivity contribution in [2.24, 2.45) is 23.2 Å². The summed E-state index contributed by atoms with van der Waals surface area (Å²) in [6.07, 6.45) is 11.2. The Hall–Kier alpha value is -0.523. The van der Waals surface area contributed by atoms with E-state index in [1.165, 1.54) is 48.8 Å². The minimum Gasteiger partial charge on any atom is -0.407 e. The molecule has 30 heavy (non-hydrogen) atoms. The van der Waals surface area contributed by atoms with Gasteiger partial charge in [0, 0.05) is 23.9 Å². The van der Waals surface area contributed by atoms with E-state index in [1.54, 1.807) is 11.3 Å². The molecule has 2 saturated carbocycles. The van der Waals surface area contributed by atoms with E-state index in [0.717, 1.165) is 25.7 Å². The van der Waals surface area contributed by atoms with Crippen LogP contribution < -0.4 is 0 Å². The highest BCUT2D eigenvalue weighted by molar-refractivity contribution is 7.09. The van der Waals surface area contributed by atoms with Crippen molar-refractivity contribution < 1.29 is 9.22 Å². The molecule has 0 saturated heterocycles. The Bertz CT molecular complexity index is 666. The van der Waals surface area contributed by atoms with Crippen LogP contribution >= 0.6 is 11.3 Å². The quantitative estimate of drug-likeness (QED) is 0.323. The van der Waals surface area contributed by atoms with Crippen molar-refractivity contribution >= 4 is 25.4 Å². The fourth-order valence-corrected chi connectivity index (χ4v) is 10.3. The van der Waals surface area contributed by atoms with Gasteiger partial charge in [-0.1, -0.05) is 47.5 Å². The van der Waals surface area contributed by atoms with Gasteiger partial charge in [0.1, 0.15) is 10.8 Å². The number of nitrogens with zero attached hydrogens (tertiary/aromatic N) is 1. The minimum absolute atomic E-state index is 0.173. The Balaban J connectivity index is 1.60. The maximum absolute atomic E-state index is 12.5. The van der Waals surface area contributed by atoms with Gasteiger partial charge in [0.15, 0.2) is 8.32 Å². The maximum atomic E-state index is 12.5. The van der Waals surface area contributed by atoms with E-state index in [9.17, 15) is 4.79 Å². The molecule has 0 aromatic carbocycles. The molecule has 170 valence electrons. The number of thiazole rings is 1. The fraction of sp³-hybridized carbons (Fsp3) is 0.840. The van der Waals surface area contributed by atoms with E-state index in [1.807, 2.05) is 6.20 Å². The second kappa shape index (κ2) is 10.4. The zero-order valence-electron chi connectivity index (χ0n) is 19.9. The first-order chi connectivity index (χ1) is 14.4. The Morgan fingerprint density at radius 2 is 1.97 bits per heavy atom. The summed E-state index contributed by atoms with van der Waals surface area (Å²) in [5.41, 5.74) is 0.259. The molecule has 5 atom stereocenters. The lowest BCUT2D eigenvalue weighted by Gasteiger charge is -2.42. The third-order valence-corrected chi connectivity index (χ3v) is 14.3. The Kier molecular flexibility index (Phi) is 8.36. The van der Waals surface area contributed by atoms with E-state index in [0.29, 0.717) is 23.5 Å². The lowest BCUT2D eigenvalue weighted by atomic mass is 9.62. The predicted molar refractivity (Wildman–Crippen MR) is 129 cm³/mol. The number of carbonyl (C=O) groups is 1. The van der Waals surface area contributed by atoms with Gasteiger partial charge in [0.25, 0.3) is 0 Å². The zero-order valence-corrected chi connectivity index (χ0v) is 21.7. The van der Waals surface area contributed by atoms with Gasteiger partial charge < -0.3 is 4.43 Å². The van der Waals surface area contributed by atoms with E-state index in [4.69, 9.17) is 4.43 Å². The average Bonchev–Trinajstić information content (AvgIpc) is 3.39. The van der Waals surface area contributed by atoms with Crippen LogP contribution in [0.25, 0.3) is 0 Å². The van der Waals surface area contributed by atoms with Gasteiger partial charge in [0.2, 0.25) is 0 Å². The third-order valence-electron chi connectivity index (χ3n) is 8.80. The molecule has 5 heteroatoms. The highest BCUT2D eigenvalue weighted by Gasteiger charge is 2.52. The van der Waals surface area contributed by atoms with Crippen LogP contribution in [-0.2, 0) is 9.22 Å². The van der Waals surface area contributed by atoms with Gasteiger partial charge >= 0.3 is 0 Å². The van der Waals surface area contributed by atoms with Gasteiger partial charge in [-0.25, -0.2) is 4.98 Å². The molecule has 2 fully saturated rings. The molecule has 0 radical (unpaired) electrons. The van der Waals surface area contributed by atoms with Gasteiger partial charge in [-0.2, -0.15) is 0 Å². The first-order valence-electron chi connectivity index (χ1n) is 12.5. The molecule has 3 nitrogen and oxygen atoms in total. The van der Waals surface area contributed by atoms with Crippen molar-refractivity contribution in [3.05, 3.63) is 16.6 Å². The lowest BCUT2D eigenvalue weighted by Crippen LogP contribution is -2.39. The molecule has 0 aliphatic heterocycles. The molecule has 0 amide bonds. The largest absolute Gasteiger partial charge is 0.407 e. The summed E-state index contributed by atoms with van der Waals surface area (Å²) in [6, 6.07) is 3.57. The first kappa shape index (κ1) is 24.1. The summed E-state index contributed by atoms with van der Waals surface area (Å²) in [6.45, 7) is 11.8. The van der Waals surface area contributed by atoms with Crippen LogP contribution in [0.3, 0.4) is 0 Å². The van der Waals surface area contributed by atoms with Gasteiger partial charge in [0.05, 0.1) is 6.10 Å². The number of hydrogen-bond acceptors (Lipinski definition) is 4. The summed E-state index contributed by atoms with van der Waals surface area (Å²) in [5.74, 6) is 2.29. The second-order valence-electron chi connectivity index (χ2n) is 10.2. The van der Waals surface area contributed by atoms with Crippen molar-refractivity contribution in [2.45, 2.75) is 110 Å². The van der Waals surface area contributed by atoms with Crippen molar-refractivity contribution in [1.29, 1.82) is 0 Å². The monoisotopic (exact) mass is 449 g/mol. The van der Waals surface area contributed by atoms with Crippen LogP contribution in [0.4, 0.5) is 0 Å². The molecule has 0 spiro atoms. The predicted octanol–water partition coefficient (Wildman–Crippen LogP) is 7.80. The zero-order chi connectivity index (χ0) is 21.8. The van der Waals surface area contributed by atoms with Gasteiger partial charge in [-0.3, -0.25) is 4.79 Å². The Morgan fingerprint density at radius 3 is 2.60 bits per heavy atom. The van der Waals surface area contributed by atoms with Crippen LogP contribution in [0.15, 0.2) is 11.6 Å². The number of rotatable bonds is 11. The highest BCUT2D eigenvalue weighted by Crippen LogP contribution is 2.57. The summed E-state index contributed by atoms with van der Waals surface area (Å²) in [4.78, 5) is 17.1. The van der Waals surface area contributed by atoms with Gasteiger partial charge in [-0.05, 0) is 67.5 Å². The standard InChI is InChI=1S/C25H43NO2SSi/c1-6-30(7-2,8-3)28-23(24-26-17-18-29-24)13-9-11-19(4)20-14-15-21-22(27)12-10-16-25(20,21)5/h17-21,23H,6-16H2,1-5H3/t19?,20-,21+,23?,25-/m1/s1. The van der Waals surface area contributed by atoms with Crippen molar-refractivity contribution in [3.63, 3.8) is 0 Å². The Morgan fingerprint density at radius 1 is 1.23 bits per heavy atom. The van der Waals surface area contributed by atoms with E-state index >= 15 is 0 Å². The molecule has 1 heterocycles. The van der Waals surface area contributed by atoms with E-state index < -0.39 is 8.32 Å². The van der Waals surface area contributed by atoms with Crippen LogP contribution in [0.2, 0.25) is 18.1 Å². The number of aromatic nitrogens is 1. The summed E-state index contributed by atoms with van der Waals surface area (Å²) in [5, 5.41) is 3.25. The number of Topliss-reactive ketones (excluding diaryl/α,β-unsaturated/α-hetero) is 1. The molecular weight excluding hydrogens is 406 g/mol. The summed E-state index contributed by atoms with van der Waals surface area (Å²) < 4.78 is 6.90. The number of ketones is 1. The SMILES string of the molecule is CC[Si](CC)(CC)OC(CCCC(C)[C@H]1CC[C@H]2C(=O)CCC[C@]12C)c1nccs1. The Labute approximate surface area is 189 Å². The summed E-state index contributed by atoms with van der Waals surface area (Å²) >= 11 is 1.75. The van der Waals surface area contributed by atoms with Crippen LogP contribution in [0, 0.1) is 23.2 Å². The second-order valence-corrected chi connectivity index (χ2v) is 15.8. The average molecular weight is 450 g/mol. The highest BCUT2D eigenvalue weighted by atomic mass is 32.1. The molecule has 2 aliphatic carbocycles. The molecule has 0 N–H and O–H groups in total. The molecule has 2 aliphatic rings. The minimum atomic E-state index is -1.65. The van der Waals surface area contributed by atoms with Crippen molar-refractivity contribution in [3.8, 4) is 0 Å². The lowest BCUT2D eigenvalue weighted by molar-refractivity contribution is -0.130. The molecular formula is C25H43NO2SSi. The topological polar surface area (TPSA) is 39.2 Å². The summed E-state index contributed by atoms with van der Waals surface area (Å²) in [7, 11) is -1.65. The number of hydrogen-bond donors (Lipinski definition) is 0. The number of carbonyl (C=O) groups excluding carboxylic acids is 1. The molecule has 1 aromatic rings. The maximum Gasteiger partial charge on any atom is 0.193 e. The van der Waals surface area contributed by atoms with Crippen LogP contribution in [-0.4, -0.2) is 19.1 Å². The number of fused-ring (bicyclic) bond motifs is 1. The van der Waals surface area contributed by atoms with Gasteiger partial charge in [-0.15, -0.1) is 11.3 Å². The van der Waals surface area contributed by atoms with E-state index in [2.05, 4.69) is 45.0 Å². The molecule has 3 rings (SSSR count). The molecule has 2 unspecified atom stereocenters.